The smallest absolute Gasteiger partial charge is 0.244 e. The minimum atomic E-state index is -1.54. The summed E-state index contributed by atoms with van der Waals surface area (Å²) in [6, 6.07) is -13.1. The minimum absolute atomic E-state index is 0.0102. The molecule has 33 heteroatoms. The van der Waals surface area contributed by atoms with Gasteiger partial charge in [-0.1, -0.05) is 63.4 Å². The van der Waals surface area contributed by atoms with E-state index in [1.165, 1.54) is 0 Å². The molecule has 10 atom stereocenters. The predicted octanol–water partition coefficient (Wildman–Crippen LogP) is -7.24. The number of guanidine groups is 2. The summed E-state index contributed by atoms with van der Waals surface area (Å²) in [5.41, 5.74) is 44.3. The van der Waals surface area contributed by atoms with Crippen LogP contribution < -0.4 is 88.4 Å². The molecule has 0 spiro atoms. The first-order valence-corrected chi connectivity index (χ1v) is 27.5. The number of rotatable bonds is 18. The lowest BCUT2D eigenvalue weighted by Crippen LogP contribution is -2.61. The molecule has 3 aliphatic heterocycles. The van der Waals surface area contributed by atoms with Crippen molar-refractivity contribution >= 4 is 120 Å². The van der Waals surface area contributed by atoms with Crippen molar-refractivity contribution < 1.29 is 52.7 Å². The van der Waals surface area contributed by atoms with E-state index in [1.807, 2.05) is 0 Å². The Balaban J connectivity index is 2.92. The Labute approximate surface area is 431 Å². The number of primary amides is 3. The van der Waals surface area contributed by atoms with Crippen molar-refractivity contribution in [2.75, 3.05) is 36.1 Å². The minimum Gasteiger partial charge on any atom is -0.370 e. The van der Waals surface area contributed by atoms with E-state index in [-0.39, 0.29) is 80.1 Å². The zero-order valence-corrected chi connectivity index (χ0v) is 43.1. The normalized spacial score (nSPS) is 25.3. The third-order valence-corrected chi connectivity index (χ3v) is 15.5. The Hall–Kier alpha value is -5.93. The van der Waals surface area contributed by atoms with Crippen LogP contribution in [-0.2, 0) is 52.7 Å². The van der Waals surface area contributed by atoms with E-state index in [0.29, 0.717) is 6.42 Å². The fourth-order valence-electron chi connectivity index (χ4n) is 6.48. The lowest BCUT2D eigenvalue weighted by atomic mass is 9.97. The maximum absolute atomic E-state index is 14.4. The number of carbonyl (C=O) groups is 11. The van der Waals surface area contributed by atoms with Crippen LogP contribution in [-0.4, -0.2) is 167 Å². The van der Waals surface area contributed by atoms with Gasteiger partial charge in [0.2, 0.25) is 65.0 Å². The van der Waals surface area contributed by atoms with Crippen LogP contribution in [0.15, 0.2) is 9.98 Å². The van der Waals surface area contributed by atoms with Crippen molar-refractivity contribution in [2.24, 2.45) is 61.8 Å². The highest BCUT2D eigenvalue weighted by molar-refractivity contribution is 8.77. The van der Waals surface area contributed by atoms with Gasteiger partial charge in [0, 0.05) is 42.5 Å². The molecular weight excluding hydrogens is 1020 g/mol. The van der Waals surface area contributed by atoms with E-state index >= 15 is 0 Å². The van der Waals surface area contributed by atoms with Crippen LogP contribution in [0.25, 0.3) is 0 Å². The molecule has 0 aliphatic carbocycles. The zero-order chi connectivity index (χ0) is 54.1. The van der Waals surface area contributed by atoms with Crippen molar-refractivity contribution in [1.29, 1.82) is 0 Å². The summed E-state index contributed by atoms with van der Waals surface area (Å²) in [4.78, 5) is 157. The maximum Gasteiger partial charge on any atom is 0.244 e. The van der Waals surface area contributed by atoms with Crippen LogP contribution in [0, 0.1) is 5.92 Å². The highest BCUT2D eigenvalue weighted by atomic mass is 33.1. The van der Waals surface area contributed by atoms with Crippen molar-refractivity contribution in [1.82, 2.24) is 42.5 Å². The summed E-state index contributed by atoms with van der Waals surface area (Å²) in [5.74, 6) is -12.2. The molecule has 3 aliphatic rings. The SMILES string of the molecule is CC[C@H](C)[C@@H]1NC(=O)[C@H](CCC(N)=O)NC(=O)[C@H](CCCN=C(N)N)NC(=O)[C@H](CCCN=C(N)N)NC(=O)[C@@H]2CSSC[C@@H](C(N)=O)NC(=O)[C@H](CSSC[C@H](NC(=O)[C@@H](N)CC(N)=O)C(=O)N2)NC1=O. The van der Waals surface area contributed by atoms with E-state index in [1.54, 1.807) is 13.8 Å². The average molecular weight is 1090 g/mol. The maximum atomic E-state index is 14.4. The van der Waals surface area contributed by atoms with E-state index in [0.717, 1.165) is 43.2 Å². The van der Waals surface area contributed by atoms with Gasteiger partial charge in [0.15, 0.2) is 11.9 Å². The molecular formula is C39H68N18O11S4. The largest absolute Gasteiger partial charge is 0.370 e. The molecule has 0 radical (unpaired) electrons. The summed E-state index contributed by atoms with van der Waals surface area (Å²) in [6.07, 6.45) is -1.22. The number of nitrogens with zero attached hydrogens (tertiary/aromatic N) is 2. The topological polar surface area (TPSA) is 517 Å². The second kappa shape index (κ2) is 32.2. The van der Waals surface area contributed by atoms with Crippen molar-refractivity contribution in [3.8, 4) is 0 Å². The number of aliphatic imine (C=N–C) groups is 2. The molecule has 3 rings (SSSR count). The summed E-state index contributed by atoms with van der Waals surface area (Å²) in [7, 11) is 3.80. The van der Waals surface area contributed by atoms with Crippen LogP contribution in [0.4, 0.5) is 0 Å². The van der Waals surface area contributed by atoms with Crippen molar-refractivity contribution in [2.45, 2.75) is 120 Å². The molecule has 24 N–H and O–H groups in total. The van der Waals surface area contributed by atoms with Gasteiger partial charge in [-0.05, 0) is 38.0 Å². The molecule has 11 amide bonds. The predicted molar refractivity (Wildman–Crippen MR) is 274 cm³/mol. The second-order valence-electron chi connectivity index (χ2n) is 16.5. The first kappa shape index (κ1) is 62.2. The Bertz CT molecular complexity index is 2010. The molecule has 0 aromatic rings. The number of nitrogens with two attached hydrogens (primary N) is 8. The molecule has 3 saturated heterocycles. The van der Waals surface area contributed by atoms with E-state index in [2.05, 4.69) is 52.5 Å². The van der Waals surface area contributed by atoms with Gasteiger partial charge in [-0.15, -0.1) is 0 Å². The van der Waals surface area contributed by atoms with Crippen LogP contribution in [0.2, 0.25) is 0 Å². The molecule has 0 saturated carbocycles. The Morgan fingerprint density at radius 2 is 1.04 bits per heavy atom. The van der Waals surface area contributed by atoms with E-state index in [9.17, 15) is 52.7 Å². The van der Waals surface area contributed by atoms with Gasteiger partial charge in [-0.3, -0.25) is 62.7 Å². The quantitative estimate of drug-likeness (QED) is 0.0199. The van der Waals surface area contributed by atoms with Crippen LogP contribution in [0.1, 0.15) is 65.2 Å². The van der Waals surface area contributed by atoms with Gasteiger partial charge >= 0.3 is 0 Å². The standard InChI is InChI=1S/C39H68N18O11S4/c1-3-17(2)28-37(68)56-25-16-72-71-14-23(54-30(61)18(40)12-27(42)59)36(67)55-24(15-70-69-13-22(29(43)60)53-35(25)66)34(65)51-20(7-5-11-49-39(46)47)31(62)50-19(6-4-10-48-38(44)45)32(63)52-21(33(64)57-28)8-9-26(41)58/h17-25,28H,3-16,40H2,1-2H3,(H2,41,58)(H2,42,59)(H2,43,60)(H,50,62)(H,51,65)(H,52,63)(H,53,66)(H,54,61)(H,55,67)(H,56,68)(H,57,64)(H4,44,45,48)(H4,46,47,49)/t17-,18-,19-,20-,21-,22-,23-,24-,25-,28-/m0/s1. The van der Waals surface area contributed by atoms with Crippen LogP contribution >= 0.6 is 43.2 Å². The summed E-state index contributed by atoms with van der Waals surface area (Å²) < 4.78 is 0. The molecule has 404 valence electrons. The lowest BCUT2D eigenvalue weighted by Gasteiger charge is -2.29. The van der Waals surface area contributed by atoms with Crippen LogP contribution in [0.3, 0.4) is 0 Å². The summed E-state index contributed by atoms with van der Waals surface area (Å²) in [5, 5.41) is 20.6. The Morgan fingerprint density at radius 1 is 0.583 bits per heavy atom. The molecule has 0 unspecified atom stereocenters. The molecule has 2 bridgehead atoms. The van der Waals surface area contributed by atoms with Crippen LogP contribution in [0.5, 0.6) is 0 Å². The fourth-order valence-corrected chi connectivity index (χ4v) is 11.1. The van der Waals surface area contributed by atoms with E-state index in [4.69, 9.17) is 45.9 Å². The summed E-state index contributed by atoms with van der Waals surface area (Å²) >= 11 is 0. The molecule has 3 fully saturated rings. The molecule has 0 aromatic carbocycles. The number of hydrogen-bond acceptors (Lipinski definition) is 18. The van der Waals surface area contributed by atoms with Gasteiger partial charge < -0.3 is 88.4 Å². The van der Waals surface area contributed by atoms with Gasteiger partial charge in [-0.25, -0.2) is 0 Å². The highest BCUT2D eigenvalue weighted by Gasteiger charge is 2.37. The number of carbonyl (C=O) groups excluding carboxylic acids is 11. The van der Waals surface area contributed by atoms with Gasteiger partial charge in [0.05, 0.1) is 12.5 Å². The lowest BCUT2D eigenvalue weighted by molar-refractivity contribution is -0.136. The average Bonchev–Trinajstić information content (AvgIpc) is 3.30. The molecule has 72 heavy (non-hydrogen) atoms. The molecule has 3 heterocycles. The number of hydrogen-bond donors (Lipinski definition) is 16. The number of nitrogens with one attached hydrogen (secondary N) is 8. The van der Waals surface area contributed by atoms with Gasteiger partial charge in [0.1, 0.15) is 48.3 Å². The van der Waals surface area contributed by atoms with Crippen molar-refractivity contribution in [3.63, 3.8) is 0 Å². The Kier molecular flexibility index (Phi) is 27.8. The zero-order valence-electron chi connectivity index (χ0n) is 39.8. The fraction of sp³-hybridized carbons (Fsp3) is 0.667. The van der Waals surface area contributed by atoms with Gasteiger partial charge in [-0.2, -0.15) is 0 Å². The summed E-state index contributed by atoms with van der Waals surface area (Å²) in [6.45, 7) is 3.32. The third kappa shape index (κ3) is 23.1. The first-order valence-electron chi connectivity index (χ1n) is 22.6. The third-order valence-electron chi connectivity index (χ3n) is 10.7. The van der Waals surface area contributed by atoms with Gasteiger partial charge in [0.25, 0.3) is 0 Å². The Morgan fingerprint density at radius 3 is 1.53 bits per heavy atom. The molecule has 29 nitrogen and oxygen atoms in total. The number of fused-ring (bicyclic) bond motifs is 25. The van der Waals surface area contributed by atoms with Crippen molar-refractivity contribution in [3.05, 3.63) is 0 Å². The monoisotopic (exact) mass is 1090 g/mol. The first-order chi connectivity index (χ1) is 33.9. The van der Waals surface area contributed by atoms with E-state index < -0.39 is 138 Å². The molecule has 0 aromatic heterocycles. The number of amides is 11. The second-order valence-corrected chi connectivity index (χ2v) is 21.6. The highest BCUT2D eigenvalue weighted by Crippen LogP contribution is 2.26.